The van der Waals surface area contributed by atoms with Crippen LogP contribution in [0.2, 0.25) is 5.02 Å². The summed E-state index contributed by atoms with van der Waals surface area (Å²) >= 11 is 6.47. The summed E-state index contributed by atoms with van der Waals surface area (Å²) in [6, 6.07) is 1.17. The molecular weight excluding hydrogens is 719 g/mol. The van der Waals surface area contributed by atoms with Gasteiger partial charge in [0.1, 0.15) is 18.1 Å². The number of hydrogen-bond acceptors (Lipinski definition) is 10. The van der Waals surface area contributed by atoms with Gasteiger partial charge in [0, 0.05) is 43.4 Å². The van der Waals surface area contributed by atoms with Crippen molar-refractivity contribution in [2.24, 2.45) is 5.73 Å². The summed E-state index contributed by atoms with van der Waals surface area (Å²) < 4.78 is 49.5. The van der Waals surface area contributed by atoms with E-state index in [0.717, 1.165) is 47.6 Å². The number of benzene rings is 1. The summed E-state index contributed by atoms with van der Waals surface area (Å²) in [6.07, 6.45) is 2.56. The molecule has 0 saturated carbocycles. The Bertz CT molecular complexity index is 2210. The smallest absolute Gasteiger partial charge is 0.416 e. The van der Waals surface area contributed by atoms with Gasteiger partial charge in [-0.2, -0.15) is 22.7 Å². The van der Waals surface area contributed by atoms with Crippen molar-refractivity contribution in [3.8, 4) is 5.75 Å². The molecule has 2 unspecified atom stereocenters. The van der Waals surface area contributed by atoms with E-state index < -0.39 is 35.2 Å². The highest BCUT2D eigenvalue weighted by atomic mass is 35.5. The summed E-state index contributed by atoms with van der Waals surface area (Å²) in [6.45, 7) is 4.64. The highest BCUT2D eigenvalue weighted by Gasteiger charge is 2.39. The lowest BCUT2D eigenvalue weighted by Gasteiger charge is -2.37. The number of nitrogens with zero attached hydrogens (tertiary/aromatic N) is 8. The Morgan fingerprint density at radius 1 is 1.15 bits per heavy atom. The van der Waals surface area contributed by atoms with E-state index in [0.29, 0.717) is 25.1 Å². The van der Waals surface area contributed by atoms with Crippen molar-refractivity contribution in [1.82, 2.24) is 34.0 Å². The van der Waals surface area contributed by atoms with E-state index in [1.54, 1.807) is 18.7 Å². The first-order valence-corrected chi connectivity index (χ1v) is 17.7. The SMILES string of the molecule is CCc1c(N2CCN(C(=O)c3ncnc(C)c3O)CC2)c(=O)n2nc(C3=CCC4(CCCO4)CC3)nc2n1C(C(N)=O)c1ccc(C(F)(F)F)cc1Cl. The number of amides is 2. The Hall–Kier alpha value is -5.03. The Kier molecular flexibility index (Phi) is 9.42. The number of rotatable bonds is 7. The molecule has 3 N–H and O–H groups in total. The molecule has 5 heterocycles. The van der Waals surface area contributed by atoms with Crippen LogP contribution in [0.15, 0.2) is 35.4 Å². The Balaban J connectivity index is 1.35. The summed E-state index contributed by atoms with van der Waals surface area (Å²) in [5.41, 5.74) is 5.62. The third-order valence-corrected chi connectivity index (χ3v) is 10.7. The monoisotopic (exact) mass is 755 g/mol. The molecular formula is C35H37ClF3N9O5. The fraction of sp³-hybridized carbons (Fsp3) is 0.457. The molecule has 2 fully saturated rings. The largest absolute Gasteiger partial charge is 0.504 e. The molecule has 3 aromatic heterocycles. The third-order valence-electron chi connectivity index (χ3n) is 10.4. The minimum Gasteiger partial charge on any atom is -0.504 e. The van der Waals surface area contributed by atoms with Crippen LogP contribution in [0.3, 0.4) is 0 Å². The van der Waals surface area contributed by atoms with E-state index in [4.69, 9.17) is 27.1 Å². The maximum absolute atomic E-state index is 14.5. The van der Waals surface area contributed by atoms with Crippen LogP contribution in [-0.2, 0) is 22.1 Å². The van der Waals surface area contributed by atoms with E-state index >= 15 is 0 Å². The molecule has 14 nitrogen and oxygen atoms in total. The Labute approximate surface area is 306 Å². The number of piperazine rings is 1. The van der Waals surface area contributed by atoms with Crippen molar-refractivity contribution in [3.63, 3.8) is 0 Å². The molecule has 4 aromatic rings. The van der Waals surface area contributed by atoms with Gasteiger partial charge in [0.15, 0.2) is 17.3 Å². The molecule has 2 atom stereocenters. The number of alkyl halides is 3. The zero-order valence-corrected chi connectivity index (χ0v) is 29.7. The van der Waals surface area contributed by atoms with Gasteiger partial charge in [0.2, 0.25) is 11.7 Å². The van der Waals surface area contributed by atoms with Crippen LogP contribution < -0.4 is 16.2 Å². The van der Waals surface area contributed by atoms with Gasteiger partial charge in [-0.25, -0.2) is 9.97 Å². The number of carbonyl (C=O) groups is 2. The molecule has 1 spiro atoms. The molecule has 280 valence electrons. The maximum Gasteiger partial charge on any atom is 0.416 e. The number of fused-ring (bicyclic) bond motifs is 1. The summed E-state index contributed by atoms with van der Waals surface area (Å²) in [4.78, 5) is 57.2. The molecule has 7 rings (SSSR count). The van der Waals surface area contributed by atoms with Crippen molar-refractivity contribution < 1.29 is 32.6 Å². The van der Waals surface area contributed by atoms with E-state index in [2.05, 4.69) is 15.1 Å². The van der Waals surface area contributed by atoms with Crippen molar-refractivity contribution in [2.75, 3.05) is 37.7 Å². The number of halogens is 4. The van der Waals surface area contributed by atoms with Gasteiger partial charge in [-0.1, -0.05) is 30.7 Å². The highest BCUT2D eigenvalue weighted by molar-refractivity contribution is 6.31. The van der Waals surface area contributed by atoms with Crippen LogP contribution in [0.4, 0.5) is 18.9 Å². The van der Waals surface area contributed by atoms with Crippen LogP contribution in [0.25, 0.3) is 11.4 Å². The minimum atomic E-state index is -4.69. The number of nitrogens with two attached hydrogens (primary N) is 1. The number of anilines is 1. The quantitative estimate of drug-likeness (QED) is 0.280. The number of carbonyl (C=O) groups excluding carboxylic acids is 2. The number of aromatic hydroxyl groups is 1. The summed E-state index contributed by atoms with van der Waals surface area (Å²) in [5.74, 6) is -1.54. The molecule has 2 saturated heterocycles. The van der Waals surface area contributed by atoms with Crippen LogP contribution in [0, 0.1) is 6.92 Å². The van der Waals surface area contributed by atoms with Crippen molar-refractivity contribution in [2.45, 2.75) is 70.2 Å². The van der Waals surface area contributed by atoms with Gasteiger partial charge in [0.25, 0.3) is 11.5 Å². The average Bonchev–Trinajstić information content (AvgIpc) is 3.79. The normalized spacial score (nSPS) is 19.9. The average molecular weight is 756 g/mol. The fourth-order valence-electron chi connectivity index (χ4n) is 7.56. The second-order valence-corrected chi connectivity index (χ2v) is 13.9. The number of ether oxygens (including phenoxy) is 1. The van der Waals surface area contributed by atoms with Crippen LogP contribution in [-0.4, -0.2) is 89.3 Å². The van der Waals surface area contributed by atoms with E-state index in [9.17, 15) is 32.7 Å². The number of allylic oxidation sites excluding steroid dienone is 1. The molecule has 2 aliphatic heterocycles. The highest BCUT2D eigenvalue weighted by Crippen LogP contribution is 2.41. The van der Waals surface area contributed by atoms with Crippen LogP contribution in [0.1, 0.15) is 83.9 Å². The lowest BCUT2D eigenvalue weighted by atomic mass is 9.83. The number of aryl methyl sites for hydroxylation is 1. The van der Waals surface area contributed by atoms with Gasteiger partial charge >= 0.3 is 6.18 Å². The minimum absolute atomic E-state index is 0.0181. The first-order chi connectivity index (χ1) is 25.2. The fourth-order valence-corrected chi connectivity index (χ4v) is 7.84. The van der Waals surface area contributed by atoms with Gasteiger partial charge in [-0.3, -0.25) is 19.0 Å². The topological polar surface area (TPSA) is 174 Å². The predicted molar refractivity (Wildman–Crippen MR) is 187 cm³/mol. The maximum atomic E-state index is 14.5. The number of hydrogen-bond donors (Lipinski definition) is 2. The van der Waals surface area contributed by atoms with Crippen molar-refractivity contribution in [3.05, 3.63) is 80.0 Å². The molecule has 1 aromatic carbocycles. The van der Waals surface area contributed by atoms with Crippen LogP contribution >= 0.6 is 11.6 Å². The summed E-state index contributed by atoms with van der Waals surface area (Å²) in [7, 11) is 0. The van der Waals surface area contributed by atoms with E-state index in [-0.39, 0.29) is 83.2 Å². The predicted octanol–water partition coefficient (Wildman–Crippen LogP) is 4.08. The first kappa shape index (κ1) is 36.3. The molecule has 18 heteroatoms. The molecule has 0 bridgehead atoms. The Morgan fingerprint density at radius 2 is 1.91 bits per heavy atom. The van der Waals surface area contributed by atoms with Crippen molar-refractivity contribution in [1.29, 1.82) is 0 Å². The van der Waals surface area contributed by atoms with E-state index in [1.165, 1.54) is 15.8 Å². The lowest BCUT2D eigenvalue weighted by Crippen LogP contribution is -2.51. The first-order valence-electron chi connectivity index (χ1n) is 17.3. The van der Waals surface area contributed by atoms with Gasteiger partial charge in [-0.05, 0) is 63.2 Å². The van der Waals surface area contributed by atoms with E-state index in [1.807, 2.05) is 6.08 Å². The lowest BCUT2D eigenvalue weighted by molar-refractivity contribution is -0.137. The number of primary amides is 1. The molecule has 53 heavy (non-hydrogen) atoms. The molecule has 2 amide bonds. The van der Waals surface area contributed by atoms with Gasteiger partial charge in [0.05, 0.1) is 22.6 Å². The molecule has 0 radical (unpaired) electrons. The third kappa shape index (κ3) is 6.49. The molecule has 1 aliphatic carbocycles. The second kappa shape index (κ2) is 13.7. The molecule has 3 aliphatic rings. The van der Waals surface area contributed by atoms with Crippen molar-refractivity contribution >= 4 is 40.5 Å². The summed E-state index contributed by atoms with van der Waals surface area (Å²) in [5, 5.41) is 14.7. The van der Waals surface area contributed by atoms with Crippen LogP contribution in [0.5, 0.6) is 5.75 Å². The van der Waals surface area contributed by atoms with Gasteiger partial charge < -0.3 is 25.4 Å². The van der Waals surface area contributed by atoms with Gasteiger partial charge in [-0.15, -0.1) is 5.10 Å². The zero-order valence-electron chi connectivity index (χ0n) is 29.0. The standard InChI is InChI=1S/C35H37ClF3N9O5/c1-3-24-27(45-12-14-46(15-13-45)31(51)25-28(49)19(2)41-18-42-25)32(52)48-33(43-30(44-48)20-7-10-34(11-8-20)9-4-16-53-34)47(24)26(29(40)50)22-6-5-21(17-23(22)36)35(37,38)39/h5-7,17-18,26,49H,3-4,8-16H2,1-2H3,(H2,40,50). The Morgan fingerprint density at radius 3 is 2.51 bits per heavy atom. The zero-order chi connectivity index (χ0) is 37.8. The second-order valence-electron chi connectivity index (χ2n) is 13.5. The number of aromatic nitrogens is 6.